The Labute approximate surface area is 183 Å². The fraction of sp³-hybridized carbons (Fsp3) is 0.0667. The Hall–Kier alpha value is -3.68. The highest BCUT2D eigenvalue weighted by Gasteiger charge is 2.33. The number of fused-ring (bicyclic) bond motifs is 2. The van der Waals surface area contributed by atoms with Crippen molar-refractivity contribution in [2.45, 2.75) is 12.1 Å². The van der Waals surface area contributed by atoms with Gasteiger partial charge in [0.05, 0.1) is 12.1 Å². The lowest BCUT2D eigenvalue weighted by atomic mass is 9.93. The van der Waals surface area contributed by atoms with Gasteiger partial charge in [-0.3, -0.25) is 5.32 Å². The Kier molecular flexibility index (Phi) is 4.40. The quantitative estimate of drug-likeness (QED) is 0.385. The second-order valence-electron chi connectivity index (χ2n) is 8.22. The molecule has 31 heavy (non-hydrogen) atoms. The summed E-state index contributed by atoms with van der Waals surface area (Å²) in [6.45, 7) is 0. The van der Waals surface area contributed by atoms with Gasteiger partial charge < -0.3 is 0 Å². The van der Waals surface area contributed by atoms with Gasteiger partial charge >= 0.3 is 0 Å². The number of hydrogen-bond donors (Lipinski definition) is 1. The van der Waals surface area contributed by atoms with Crippen LogP contribution in [0.1, 0.15) is 45.5 Å². The van der Waals surface area contributed by atoms with Gasteiger partial charge in [-0.25, -0.2) is 0 Å². The number of benzene rings is 4. The Morgan fingerprint density at radius 1 is 0.419 bits per heavy atom. The maximum atomic E-state index is 4.05. The van der Waals surface area contributed by atoms with E-state index in [9.17, 15) is 0 Å². The lowest BCUT2D eigenvalue weighted by molar-refractivity contribution is 0.593. The molecule has 148 valence electrons. The van der Waals surface area contributed by atoms with Crippen LogP contribution in [0.3, 0.4) is 0 Å². The van der Waals surface area contributed by atoms with Crippen LogP contribution in [0.15, 0.2) is 109 Å². The molecule has 0 heterocycles. The van der Waals surface area contributed by atoms with E-state index in [0.717, 1.165) is 0 Å². The minimum Gasteiger partial charge on any atom is -0.295 e. The molecule has 2 aliphatic carbocycles. The molecule has 4 aromatic rings. The summed E-state index contributed by atoms with van der Waals surface area (Å²) in [5.74, 6) is 0. The third-order valence-electron chi connectivity index (χ3n) is 6.41. The zero-order valence-electron chi connectivity index (χ0n) is 17.2. The van der Waals surface area contributed by atoms with Crippen molar-refractivity contribution in [3.63, 3.8) is 0 Å². The lowest BCUT2D eigenvalue weighted by Crippen LogP contribution is -2.26. The van der Waals surface area contributed by atoms with Crippen LogP contribution in [-0.2, 0) is 0 Å². The van der Waals surface area contributed by atoms with E-state index in [-0.39, 0.29) is 12.1 Å². The van der Waals surface area contributed by atoms with Crippen LogP contribution < -0.4 is 5.32 Å². The summed E-state index contributed by atoms with van der Waals surface area (Å²) >= 11 is 0. The molecule has 0 amide bonds. The van der Waals surface area contributed by atoms with Crippen LogP contribution in [0.5, 0.6) is 0 Å². The summed E-state index contributed by atoms with van der Waals surface area (Å²) in [6.07, 6.45) is 4.68. The molecule has 4 aromatic carbocycles. The molecule has 0 aliphatic heterocycles. The topological polar surface area (TPSA) is 12.0 Å². The summed E-state index contributed by atoms with van der Waals surface area (Å²) in [6, 6.07) is 39.3. The standard InChI is InChI=1S/C30H23N/c1-3-11-21(12-4-1)27-19-23-15-7-9-17-25(23)29(27)31-30-26-18-10-8-16-24(26)20-28(30)22-13-5-2-6-14-22/h1-20,29-31H. The average molecular weight is 398 g/mol. The Balaban J connectivity index is 1.45. The summed E-state index contributed by atoms with van der Waals surface area (Å²) in [4.78, 5) is 0. The summed E-state index contributed by atoms with van der Waals surface area (Å²) in [5, 5.41) is 4.05. The van der Waals surface area contributed by atoms with Crippen LogP contribution >= 0.6 is 0 Å². The largest absolute Gasteiger partial charge is 0.295 e. The van der Waals surface area contributed by atoms with Crippen molar-refractivity contribution in [3.8, 4) is 0 Å². The van der Waals surface area contributed by atoms with E-state index in [1.54, 1.807) is 0 Å². The van der Waals surface area contributed by atoms with Gasteiger partial charge in [0.2, 0.25) is 0 Å². The third-order valence-corrected chi connectivity index (χ3v) is 6.41. The first-order valence-electron chi connectivity index (χ1n) is 10.9. The van der Waals surface area contributed by atoms with E-state index < -0.39 is 0 Å². The molecular formula is C30H23N. The molecule has 6 rings (SSSR count). The molecule has 1 heteroatoms. The fourth-order valence-electron chi connectivity index (χ4n) is 4.93. The second kappa shape index (κ2) is 7.54. The van der Waals surface area contributed by atoms with Gasteiger partial charge in [0, 0.05) is 0 Å². The molecule has 0 radical (unpaired) electrons. The van der Waals surface area contributed by atoms with Gasteiger partial charge in [-0.05, 0) is 56.7 Å². The smallest absolute Gasteiger partial charge is 0.0596 e. The molecule has 2 unspecified atom stereocenters. The SMILES string of the molecule is C1=C(c2ccccc2)C(NC2C(c3ccccc3)=Cc3ccccc32)c2ccccc21. The number of nitrogens with one attached hydrogen (secondary N) is 1. The fourth-order valence-corrected chi connectivity index (χ4v) is 4.93. The molecular weight excluding hydrogens is 374 g/mol. The van der Waals surface area contributed by atoms with Crippen molar-refractivity contribution < 1.29 is 0 Å². The van der Waals surface area contributed by atoms with E-state index >= 15 is 0 Å². The van der Waals surface area contributed by atoms with E-state index in [0.29, 0.717) is 0 Å². The zero-order chi connectivity index (χ0) is 20.6. The van der Waals surface area contributed by atoms with Crippen molar-refractivity contribution in [1.82, 2.24) is 5.32 Å². The van der Waals surface area contributed by atoms with Gasteiger partial charge in [0.1, 0.15) is 0 Å². The van der Waals surface area contributed by atoms with E-state index in [1.807, 2.05) is 0 Å². The number of hydrogen-bond acceptors (Lipinski definition) is 1. The minimum absolute atomic E-state index is 0.141. The zero-order valence-corrected chi connectivity index (χ0v) is 17.2. The van der Waals surface area contributed by atoms with Crippen molar-refractivity contribution in [3.05, 3.63) is 143 Å². The highest BCUT2D eigenvalue weighted by Crippen LogP contribution is 2.46. The molecule has 2 aliphatic rings. The molecule has 0 aromatic heterocycles. The third kappa shape index (κ3) is 3.15. The van der Waals surface area contributed by atoms with E-state index in [4.69, 9.17) is 0 Å². The highest BCUT2D eigenvalue weighted by atomic mass is 15.0. The van der Waals surface area contributed by atoms with Gasteiger partial charge in [-0.15, -0.1) is 0 Å². The van der Waals surface area contributed by atoms with Gasteiger partial charge in [-0.1, -0.05) is 109 Å². The molecule has 2 atom stereocenters. The van der Waals surface area contributed by atoms with Crippen molar-refractivity contribution >= 4 is 23.3 Å². The van der Waals surface area contributed by atoms with Crippen LogP contribution in [0.2, 0.25) is 0 Å². The average Bonchev–Trinajstić information content (AvgIpc) is 3.40. The molecule has 1 N–H and O–H groups in total. The van der Waals surface area contributed by atoms with Crippen LogP contribution in [0.4, 0.5) is 0 Å². The molecule has 1 nitrogen and oxygen atoms in total. The van der Waals surface area contributed by atoms with Crippen molar-refractivity contribution in [2.24, 2.45) is 0 Å². The molecule has 0 saturated carbocycles. The maximum Gasteiger partial charge on any atom is 0.0596 e. The van der Waals surface area contributed by atoms with Crippen molar-refractivity contribution in [1.29, 1.82) is 0 Å². The monoisotopic (exact) mass is 397 g/mol. The highest BCUT2D eigenvalue weighted by molar-refractivity contribution is 5.94. The predicted molar refractivity (Wildman–Crippen MR) is 130 cm³/mol. The first-order valence-corrected chi connectivity index (χ1v) is 10.9. The molecule has 0 bridgehead atoms. The van der Waals surface area contributed by atoms with E-state index in [2.05, 4.69) is 127 Å². The summed E-state index contributed by atoms with van der Waals surface area (Å²) in [5.41, 5.74) is 10.5. The van der Waals surface area contributed by atoms with E-state index in [1.165, 1.54) is 44.5 Å². The van der Waals surface area contributed by atoms with Gasteiger partial charge in [0.15, 0.2) is 0 Å². The second-order valence-corrected chi connectivity index (χ2v) is 8.22. The first kappa shape index (κ1) is 18.1. The van der Waals surface area contributed by atoms with Crippen LogP contribution in [-0.4, -0.2) is 0 Å². The normalized spacial score (nSPS) is 18.8. The maximum absolute atomic E-state index is 4.05. The summed E-state index contributed by atoms with van der Waals surface area (Å²) < 4.78 is 0. The lowest BCUT2D eigenvalue weighted by Gasteiger charge is -2.27. The van der Waals surface area contributed by atoms with Gasteiger partial charge in [0.25, 0.3) is 0 Å². The van der Waals surface area contributed by atoms with Crippen LogP contribution in [0.25, 0.3) is 23.3 Å². The molecule has 0 fully saturated rings. The molecule has 0 saturated heterocycles. The predicted octanol–water partition coefficient (Wildman–Crippen LogP) is 7.17. The summed E-state index contributed by atoms with van der Waals surface area (Å²) in [7, 11) is 0. The Bertz CT molecular complexity index is 1200. The van der Waals surface area contributed by atoms with Gasteiger partial charge in [-0.2, -0.15) is 0 Å². The van der Waals surface area contributed by atoms with Crippen molar-refractivity contribution in [2.75, 3.05) is 0 Å². The first-order chi connectivity index (χ1) is 15.4. The minimum atomic E-state index is 0.141. The van der Waals surface area contributed by atoms with Crippen LogP contribution in [0, 0.1) is 0 Å². The number of rotatable bonds is 4. The Morgan fingerprint density at radius 2 is 0.806 bits per heavy atom. The molecule has 0 spiro atoms. The Morgan fingerprint density at radius 3 is 1.26 bits per heavy atom.